The lowest BCUT2D eigenvalue weighted by Crippen LogP contribution is -2.31. The molecule has 1 fully saturated rings. The van der Waals surface area contributed by atoms with Crippen molar-refractivity contribution < 1.29 is 37.0 Å². The van der Waals surface area contributed by atoms with Gasteiger partial charge in [-0.3, -0.25) is 9.78 Å². The Kier molecular flexibility index (Phi) is 8.66. The molecule has 6 rings (SSSR count). The van der Waals surface area contributed by atoms with E-state index in [1.54, 1.807) is 24.3 Å². The molecule has 1 N–H and O–H groups in total. The minimum absolute atomic E-state index is 0.0210. The number of ether oxygens (including phenoxy) is 3. The van der Waals surface area contributed by atoms with Crippen molar-refractivity contribution >= 4 is 22.9 Å². The van der Waals surface area contributed by atoms with Crippen LogP contribution in [-0.2, 0) is 29.0 Å². The molecule has 1 aliphatic rings. The number of fused-ring (bicyclic) bond motifs is 1. The first-order valence-electron chi connectivity index (χ1n) is 14.4. The molecule has 3 aromatic heterocycles. The maximum absolute atomic E-state index is 15.5. The van der Waals surface area contributed by atoms with Gasteiger partial charge in [-0.25, -0.2) is 27.9 Å². The fourth-order valence-electron chi connectivity index (χ4n) is 5.09. The maximum Gasteiger partial charge on any atom is 0.337 e. The van der Waals surface area contributed by atoms with Gasteiger partial charge in [0.1, 0.15) is 35.6 Å². The summed E-state index contributed by atoms with van der Waals surface area (Å²) < 4.78 is 63.5. The molecule has 236 valence electrons. The number of methoxy groups -OCH3 is 1. The van der Waals surface area contributed by atoms with E-state index in [0.29, 0.717) is 35.6 Å². The van der Waals surface area contributed by atoms with E-state index in [9.17, 15) is 14.0 Å². The maximum atomic E-state index is 15.5. The highest BCUT2D eigenvalue weighted by Gasteiger charge is 2.24. The van der Waals surface area contributed by atoms with Crippen LogP contribution in [0.5, 0.6) is 5.88 Å². The molecule has 2 aromatic carbocycles. The zero-order valence-electron chi connectivity index (χ0n) is 24.9. The zero-order valence-corrected chi connectivity index (χ0v) is 24.9. The van der Waals surface area contributed by atoms with Gasteiger partial charge in [-0.05, 0) is 48.4 Å². The van der Waals surface area contributed by atoms with E-state index in [-0.39, 0.29) is 53.1 Å². The van der Waals surface area contributed by atoms with Crippen LogP contribution in [-0.4, -0.2) is 58.3 Å². The fraction of sp³-hybridized carbons (Fsp3) is 0.242. The van der Waals surface area contributed by atoms with Crippen LogP contribution >= 0.6 is 0 Å². The molecule has 10 nitrogen and oxygen atoms in total. The van der Waals surface area contributed by atoms with E-state index in [0.717, 1.165) is 24.6 Å². The number of halogens is 3. The molecule has 0 spiro atoms. The summed E-state index contributed by atoms with van der Waals surface area (Å²) in [4.78, 5) is 36.7. The lowest BCUT2D eigenvalue weighted by Gasteiger charge is -2.27. The monoisotopic (exact) mass is 631 g/mol. The molecule has 0 bridgehead atoms. The molecule has 0 saturated carbocycles. The average molecular weight is 632 g/mol. The van der Waals surface area contributed by atoms with Gasteiger partial charge in [-0.1, -0.05) is 6.07 Å². The third-order valence-corrected chi connectivity index (χ3v) is 7.68. The minimum Gasteiger partial charge on any atom is -0.473 e. The Bertz CT molecular complexity index is 1960. The van der Waals surface area contributed by atoms with Crippen LogP contribution in [0.1, 0.15) is 44.2 Å². The Morgan fingerprint density at radius 1 is 1.02 bits per heavy atom. The summed E-state index contributed by atoms with van der Waals surface area (Å²) in [6.07, 6.45) is 1.95. The number of imidazole rings is 1. The number of carbonyl (C=O) groups excluding carboxylic acids is 2. The van der Waals surface area contributed by atoms with E-state index in [2.05, 4.69) is 20.3 Å². The molecule has 1 atom stereocenters. The van der Waals surface area contributed by atoms with Crippen molar-refractivity contribution in [3.05, 3.63) is 106 Å². The molecule has 1 saturated heterocycles. The molecule has 0 radical (unpaired) electrons. The summed E-state index contributed by atoms with van der Waals surface area (Å²) >= 11 is 0. The van der Waals surface area contributed by atoms with Gasteiger partial charge in [0, 0.05) is 49.5 Å². The van der Waals surface area contributed by atoms with Gasteiger partial charge < -0.3 is 24.1 Å². The summed E-state index contributed by atoms with van der Waals surface area (Å²) in [5.74, 6) is -2.56. The predicted octanol–water partition coefficient (Wildman–Crippen LogP) is 5.02. The Morgan fingerprint density at radius 3 is 2.54 bits per heavy atom. The third-order valence-electron chi connectivity index (χ3n) is 7.68. The van der Waals surface area contributed by atoms with Gasteiger partial charge in [-0.2, -0.15) is 0 Å². The minimum atomic E-state index is -0.709. The SMILES string of the molecule is CNC(=O)c1cc(F)c(COc2cccc(-c3cc(F)c(Cc4nc5ccc(C(=O)OC)cc5n4C[C@@H]4CCO4)cc3F)n2)cn1. The van der Waals surface area contributed by atoms with Gasteiger partial charge in [0.2, 0.25) is 5.88 Å². The molecule has 0 aliphatic carbocycles. The van der Waals surface area contributed by atoms with Crippen molar-refractivity contribution in [1.82, 2.24) is 24.8 Å². The summed E-state index contributed by atoms with van der Waals surface area (Å²) in [5, 5.41) is 2.37. The van der Waals surface area contributed by atoms with Crippen molar-refractivity contribution in [1.29, 1.82) is 0 Å². The largest absolute Gasteiger partial charge is 0.473 e. The van der Waals surface area contributed by atoms with Crippen LogP contribution in [0.2, 0.25) is 0 Å². The summed E-state index contributed by atoms with van der Waals surface area (Å²) in [6, 6.07) is 12.7. The summed E-state index contributed by atoms with van der Waals surface area (Å²) in [5.41, 5.74) is 1.70. The van der Waals surface area contributed by atoms with Gasteiger partial charge in [0.15, 0.2) is 0 Å². The van der Waals surface area contributed by atoms with Crippen LogP contribution in [0.3, 0.4) is 0 Å². The number of esters is 1. The molecule has 1 aliphatic heterocycles. The second-order valence-corrected chi connectivity index (χ2v) is 10.6. The summed E-state index contributed by atoms with van der Waals surface area (Å²) in [6.45, 7) is 0.822. The van der Waals surface area contributed by atoms with Gasteiger partial charge in [0.05, 0.1) is 42.0 Å². The summed E-state index contributed by atoms with van der Waals surface area (Å²) in [7, 11) is 2.71. The number of nitrogens with one attached hydrogen (secondary N) is 1. The Hall–Kier alpha value is -5.30. The fourth-order valence-corrected chi connectivity index (χ4v) is 5.09. The van der Waals surface area contributed by atoms with E-state index in [1.165, 1.54) is 32.5 Å². The quantitative estimate of drug-likeness (QED) is 0.214. The van der Waals surface area contributed by atoms with Gasteiger partial charge in [-0.15, -0.1) is 0 Å². The van der Waals surface area contributed by atoms with E-state index >= 15 is 8.78 Å². The predicted molar refractivity (Wildman–Crippen MR) is 160 cm³/mol. The Balaban J connectivity index is 1.24. The van der Waals surface area contributed by atoms with Gasteiger partial charge >= 0.3 is 5.97 Å². The van der Waals surface area contributed by atoms with E-state index < -0.39 is 29.3 Å². The van der Waals surface area contributed by atoms with Crippen molar-refractivity contribution in [3.63, 3.8) is 0 Å². The number of aromatic nitrogens is 4. The molecule has 46 heavy (non-hydrogen) atoms. The van der Waals surface area contributed by atoms with Crippen molar-refractivity contribution in [2.45, 2.75) is 32.1 Å². The number of rotatable bonds is 10. The highest BCUT2D eigenvalue weighted by molar-refractivity contribution is 5.94. The van der Waals surface area contributed by atoms with Crippen molar-refractivity contribution in [2.75, 3.05) is 20.8 Å². The lowest BCUT2D eigenvalue weighted by atomic mass is 10.0. The molecular weight excluding hydrogens is 603 g/mol. The Morgan fingerprint density at radius 2 is 1.83 bits per heavy atom. The smallest absolute Gasteiger partial charge is 0.337 e. The van der Waals surface area contributed by atoms with Crippen molar-refractivity contribution in [3.8, 4) is 17.1 Å². The van der Waals surface area contributed by atoms with E-state index in [4.69, 9.17) is 14.2 Å². The molecule has 4 heterocycles. The van der Waals surface area contributed by atoms with Crippen LogP contribution in [0.15, 0.2) is 60.8 Å². The topological polar surface area (TPSA) is 117 Å². The number of pyridine rings is 2. The molecule has 1 amide bonds. The highest BCUT2D eigenvalue weighted by Crippen LogP contribution is 2.29. The van der Waals surface area contributed by atoms with Gasteiger partial charge in [0.25, 0.3) is 5.91 Å². The normalized spacial score (nSPS) is 14.2. The molecular formula is C33H28F3N5O5. The van der Waals surface area contributed by atoms with Crippen LogP contribution < -0.4 is 10.1 Å². The first-order valence-corrected chi connectivity index (χ1v) is 14.4. The number of hydrogen-bond acceptors (Lipinski definition) is 8. The van der Waals surface area contributed by atoms with Crippen LogP contribution in [0.25, 0.3) is 22.3 Å². The van der Waals surface area contributed by atoms with E-state index in [1.807, 2.05) is 4.57 Å². The second kappa shape index (κ2) is 13.0. The van der Waals surface area contributed by atoms with Crippen molar-refractivity contribution in [2.24, 2.45) is 0 Å². The first kappa shape index (κ1) is 30.7. The third kappa shape index (κ3) is 6.26. The Labute approximate surface area is 261 Å². The number of amides is 1. The van der Waals surface area contributed by atoms with Crippen LogP contribution in [0.4, 0.5) is 13.2 Å². The second-order valence-electron chi connectivity index (χ2n) is 10.6. The number of hydrogen-bond donors (Lipinski definition) is 1. The molecule has 0 unspecified atom stereocenters. The standard InChI is InChI=1S/C33H28F3N5O5/c1-37-32(42)28-14-24(35)20(15-38-28)17-46-31-5-3-4-26(40-31)22-13-23(34)19(10-25(22)36)12-30-39-27-7-6-18(33(43)44-2)11-29(27)41(30)16-21-8-9-45-21/h3-7,10-11,13-15,21H,8-9,12,16-17H2,1-2H3,(H,37,42)/t21-/m0/s1. The zero-order chi connectivity index (χ0) is 32.4. The van der Waals surface area contributed by atoms with Crippen LogP contribution in [0, 0.1) is 17.5 Å². The first-order chi connectivity index (χ1) is 22.2. The highest BCUT2D eigenvalue weighted by atomic mass is 19.1. The number of nitrogens with zero attached hydrogens (tertiary/aromatic N) is 4. The molecule has 13 heteroatoms. The number of carbonyl (C=O) groups is 2. The molecule has 5 aromatic rings. The number of benzene rings is 2. The average Bonchev–Trinajstić information content (AvgIpc) is 3.38. The lowest BCUT2D eigenvalue weighted by molar-refractivity contribution is -0.0589.